The van der Waals surface area contributed by atoms with E-state index >= 15 is 0 Å². The molecule has 0 aliphatic rings. The molecule has 7 heteroatoms. The zero-order chi connectivity index (χ0) is 16.4. The molecule has 1 aromatic carbocycles. The summed E-state index contributed by atoms with van der Waals surface area (Å²) >= 11 is 1.38. The predicted molar refractivity (Wildman–Crippen MR) is 89.1 cm³/mol. The number of hydrazine groups is 1. The molecule has 2 heterocycles. The van der Waals surface area contributed by atoms with Crippen molar-refractivity contribution in [2.45, 2.75) is 13.3 Å². The van der Waals surface area contributed by atoms with Crippen LogP contribution in [0.5, 0.6) is 0 Å². The van der Waals surface area contributed by atoms with Gasteiger partial charge in [0.25, 0.3) is 5.91 Å². The van der Waals surface area contributed by atoms with Gasteiger partial charge < -0.3 is 4.57 Å². The first-order valence-electron chi connectivity index (χ1n) is 7.10. The molecule has 0 saturated carbocycles. The first-order chi connectivity index (χ1) is 11.0. The van der Waals surface area contributed by atoms with Crippen molar-refractivity contribution in [2.75, 3.05) is 0 Å². The topological polar surface area (TPSA) is 76.0 Å². The molecule has 2 N–H and O–H groups in total. The van der Waals surface area contributed by atoms with Crippen LogP contribution >= 0.6 is 11.3 Å². The van der Waals surface area contributed by atoms with E-state index in [0.717, 1.165) is 15.9 Å². The Labute approximate surface area is 137 Å². The minimum atomic E-state index is -0.318. The van der Waals surface area contributed by atoms with E-state index in [1.54, 1.807) is 6.07 Å². The molecule has 0 fully saturated rings. The standard InChI is InChI=1S/C16H16N4O2S/c1-10-7-8-13(23-10)16(22)19-18-15(21)9-14-17-11-5-3-4-6-12(11)20(14)2/h3-8H,9H2,1-2H3,(H,18,21)(H,19,22). The Hall–Kier alpha value is -2.67. The van der Waals surface area contributed by atoms with E-state index in [1.165, 1.54) is 11.3 Å². The third-order valence-electron chi connectivity index (χ3n) is 3.48. The fourth-order valence-electron chi connectivity index (χ4n) is 2.29. The van der Waals surface area contributed by atoms with Gasteiger partial charge in [-0.2, -0.15) is 0 Å². The number of thiophene rings is 1. The lowest BCUT2D eigenvalue weighted by Gasteiger charge is -2.06. The van der Waals surface area contributed by atoms with Gasteiger partial charge >= 0.3 is 0 Å². The number of imidazole rings is 1. The number of hydrogen-bond donors (Lipinski definition) is 2. The lowest BCUT2D eigenvalue weighted by atomic mass is 10.3. The first-order valence-corrected chi connectivity index (χ1v) is 7.92. The SMILES string of the molecule is Cc1ccc(C(=O)NNC(=O)Cc2nc3ccccc3n2C)s1. The van der Waals surface area contributed by atoms with Gasteiger partial charge in [-0.3, -0.25) is 20.4 Å². The van der Waals surface area contributed by atoms with Gasteiger partial charge in [0.2, 0.25) is 5.91 Å². The molecule has 0 radical (unpaired) electrons. The summed E-state index contributed by atoms with van der Waals surface area (Å²) in [7, 11) is 1.87. The molecule has 0 atom stereocenters. The molecule has 3 aromatic rings. The molecule has 6 nitrogen and oxygen atoms in total. The molecule has 0 spiro atoms. The molecule has 0 bridgehead atoms. The van der Waals surface area contributed by atoms with Crippen molar-refractivity contribution < 1.29 is 9.59 Å². The van der Waals surface area contributed by atoms with Crippen LogP contribution < -0.4 is 10.9 Å². The van der Waals surface area contributed by atoms with Crippen molar-refractivity contribution in [1.82, 2.24) is 20.4 Å². The Morgan fingerprint density at radius 2 is 1.96 bits per heavy atom. The molecular formula is C16H16N4O2S. The molecule has 3 rings (SSSR count). The Morgan fingerprint density at radius 3 is 2.65 bits per heavy atom. The summed E-state index contributed by atoms with van der Waals surface area (Å²) in [6.45, 7) is 1.92. The second-order valence-corrected chi connectivity index (χ2v) is 6.45. The summed E-state index contributed by atoms with van der Waals surface area (Å²) in [4.78, 5) is 29.9. The third kappa shape index (κ3) is 3.24. The van der Waals surface area contributed by atoms with Gasteiger partial charge in [-0.25, -0.2) is 4.98 Å². The van der Waals surface area contributed by atoms with Crippen LogP contribution in [-0.2, 0) is 18.3 Å². The summed E-state index contributed by atoms with van der Waals surface area (Å²) in [5, 5.41) is 0. The van der Waals surface area contributed by atoms with Crippen LogP contribution in [0.2, 0.25) is 0 Å². The largest absolute Gasteiger partial charge is 0.331 e. The van der Waals surface area contributed by atoms with Gasteiger partial charge in [0.05, 0.1) is 22.3 Å². The highest BCUT2D eigenvalue weighted by Crippen LogP contribution is 2.15. The van der Waals surface area contributed by atoms with Gasteiger partial charge in [-0.05, 0) is 31.2 Å². The number of carbonyl (C=O) groups excluding carboxylic acids is 2. The second-order valence-electron chi connectivity index (χ2n) is 5.17. The number of nitrogens with zero attached hydrogens (tertiary/aromatic N) is 2. The van der Waals surface area contributed by atoms with Crippen molar-refractivity contribution in [3.05, 3.63) is 52.0 Å². The number of para-hydroxylation sites is 2. The van der Waals surface area contributed by atoms with E-state index < -0.39 is 0 Å². The highest BCUT2D eigenvalue weighted by molar-refractivity contribution is 7.13. The van der Waals surface area contributed by atoms with Crippen LogP contribution in [0.1, 0.15) is 20.4 Å². The van der Waals surface area contributed by atoms with Crippen LogP contribution in [0.4, 0.5) is 0 Å². The van der Waals surface area contributed by atoms with Crippen molar-refractivity contribution >= 4 is 34.2 Å². The second kappa shape index (κ2) is 6.21. The smallest absolute Gasteiger partial charge is 0.279 e. The van der Waals surface area contributed by atoms with Gasteiger partial charge in [0, 0.05) is 11.9 Å². The Kier molecular flexibility index (Phi) is 4.12. The van der Waals surface area contributed by atoms with Crippen molar-refractivity contribution in [1.29, 1.82) is 0 Å². The van der Waals surface area contributed by atoms with Gasteiger partial charge in [-0.15, -0.1) is 11.3 Å². The number of hydrogen-bond acceptors (Lipinski definition) is 4. The third-order valence-corrected chi connectivity index (χ3v) is 4.48. The van der Waals surface area contributed by atoms with Crippen LogP contribution in [-0.4, -0.2) is 21.4 Å². The quantitative estimate of drug-likeness (QED) is 0.722. The number of amides is 2. The lowest BCUT2D eigenvalue weighted by Crippen LogP contribution is -2.42. The van der Waals surface area contributed by atoms with Gasteiger partial charge in [-0.1, -0.05) is 12.1 Å². The van der Waals surface area contributed by atoms with Crippen LogP contribution in [0.3, 0.4) is 0 Å². The maximum atomic E-state index is 12.0. The average Bonchev–Trinajstić information content (AvgIpc) is 3.10. The molecular weight excluding hydrogens is 312 g/mol. The molecule has 0 saturated heterocycles. The van der Waals surface area contributed by atoms with Crippen LogP contribution in [0.25, 0.3) is 11.0 Å². The minimum Gasteiger partial charge on any atom is -0.331 e. The lowest BCUT2D eigenvalue weighted by molar-refractivity contribution is -0.121. The average molecular weight is 328 g/mol. The highest BCUT2D eigenvalue weighted by atomic mass is 32.1. The number of benzene rings is 1. The highest BCUT2D eigenvalue weighted by Gasteiger charge is 2.13. The number of nitrogens with one attached hydrogen (secondary N) is 2. The number of carbonyl (C=O) groups is 2. The number of fused-ring (bicyclic) bond motifs is 1. The summed E-state index contributed by atoms with van der Waals surface area (Å²) in [5.74, 6) is 0.0106. The van der Waals surface area contributed by atoms with Crippen molar-refractivity contribution in [2.24, 2.45) is 7.05 Å². The molecule has 0 aliphatic carbocycles. The maximum Gasteiger partial charge on any atom is 0.279 e. The monoisotopic (exact) mass is 328 g/mol. The zero-order valence-electron chi connectivity index (χ0n) is 12.8. The summed E-state index contributed by atoms with van der Waals surface area (Å²) in [5.41, 5.74) is 6.66. The zero-order valence-corrected chi connectivity index (χ0v) is 13.6. The summed E-state index contributed by atoms with van der Waals surface area (Å²) < 4.78 is 1.87. The fraction of sp³-hybridized carbons (Fsp3) is 0.188. The summed E-state index contributed by atoms with van der Waals surface area (Å²) in [6.07, 6.45) is 0.0922. The van der Waals surface area contributed by atoms with Crippen molar-refractivity contribution in [3.63, 3.8) is 0 Å². The molecule has 2 amide bonds. The number of aryl methyl sites for hydroxylation is 2. The van der Waals surface area contributed by atoms with E-state index in [1.807, 2.05) is 48.9 Å². The Morgan fingerprint density at radius 1 is 1.17 bits per heavy atom. The van der Waals surface area contributed by atoms with E-state index in [9.17, 15) is 9.59 Å². The number of rotatable bonds is 3. The van der Waals surface area contributed by atoms with E-state index in [4.69, 9.17) is 0 Å². The molecule has 0 aliphatic heterocycles. The van der Waals surface area contributed by atoms with E-state index in [0.29, 0.717) is 10.7 Å². The fourth-order valence-corrected chi connectivity index (χ4v) is 3.05. The summed E-state index contributed by atoms with van der Waals surface area (Å²) in [6, 6.07) is 11.3. The van der Waals surface area contributed by atoms with E-state index in [2.05, 4.69) is 15.8 Å². The first kappa shape index (κ1) is 15.2. The van der Waals surface area contributed by atoms with Gasteiger partial charge in [0.1, 0.15) is 5.82 Å². The van der Waals surface area contributed by atoms with Crippen LogP contribution in [0.15, 0.2) is 36.4 Å². The van der Waals surface area contributed by atoms with E-state index in [-0.39, 0.29) is 18.2 Å². The van der Waals surface area contributed by atoms with Crippen molar-refractivity contribution in [3.8, 4) is 0 Å². The maximum absolute atomic E-state index is 12.0. The van der Waals surface area contributed by atoms with Crippen LogP contribution in [0, 0.1) is 6.92 Å². The molecule has 118 valence electrons. The Bertz CT molecular complexity index is 881. The number of aromatic nitrogens is 2. The molecule has 23 heavy (non-hydrogen) atoms. The Balaban J connectivity index is 1.62. The minimum absolute atomic E-state index is 0.0922. The molecule has 0 unspecified atom stereocenters. The predicted octanol–water partition coefficient (Wildman–Crippen LogP) is 1.95. The molecule has 2 aromatic heterocycles. The van der Waals surface area contributed by atoms with Gasteiger partial charge in [0.15, 0.2) is 0 Å². The normalized spacial score (nSPS) is 10.7.